The zero-order valence-electron chi connectivity index (χ0n) is 26.5. The number of aromatic nitrogens is 1. The van der Waals surface area contributed by atoms with Gasteiger partial charge in [-0.15, -0.1) is 0 Å². The van der Waals surface area contributed by atoms with Crippen molar-refractivity contribution in [3.8, 4) is 5.75 Å². The Morgan fingerprint density at radius 3 is 2.30 bits per heavy atom. The highest BCUT2D eigenvalue weighted by Gasteiger charge is 2.52. The van der Waals surface area contributed by atoms with E-state index in [9.17, 15) is 9.59 Å². The number of carbonyl (C=O) groups is 2. The first-order chi connectivity index (χ1) is 21.4. The molecular weight excluding hydrogens is 550 g/mol. The number of nitrogens with two attached hydrogens (primary N) is 1. The first-order valence-corrected chi connectivity index (χ1v) is 16.1. The van der Waals surface area contributed by atoms with E-state index in [2.05, 4.69) is 55.4 Å². The molecule has 1 atom stereocenters. The lowest BCUT2D eigenvalue weighted by atomic mass is 9.78. The lowest BCUT2D eigenvalue weighted by molar-refractivity contribution is -0.120. The van der Waals surface area contributed by atoms with Gasteiger partial charge in [-0.25, -0.2) is 4.79 Å². The van der Waals surface area contributed by atoms with Crippen molar-refractivity contribution in [3.05, 3.63) is 94.7 Å². The summed E-state index contributed by atoms with van der Waals surface area (Å²) in [6.45, 7) is 11.1. The third-order valence-electron chi connectivity index (χ3n) is 8.73. The molecule has 7 heteroatoms. The number of unbranched alkanes of at least 4 members (excludes halogenated alkanes) is 3. The number of nitrogens with zero attached hydrogens (tertiary/aromatic N) is 2. The van der Waals surface area contributed by atoms with E-state index in [4.69, 9.17) is 15.2 Å². The van der Waals surface area contributed by atoms with E-state index in [0.717, 1.165) is 91.6 Å². The Hall–Kier alpha value is -4.26. The number of hydrogen-bond acceptors (Lipinski definition) is 5. The van der Waals surface area contributed by atoms with Crippen LogP contribution in [0.25, 0.3) is 10.9 Å². The van der Waals surface area contributed by atoms with Crippen LogP contribution in [0.5, 0.6) is 5.75 Å². The van der Waals surface area contributed by atoms with Gasteiger partial charge in [0.05, 0.1) is 5.56 Å². The van der Waals surface area contributed by atoms with Crippen molar-refractivity contribution in [2.45, 2.75) is 78.4 Å². The fourth-order valence-electron chi connectivity index (χ4n) is 6.55. The van der Waals surface area contributed by atoms with E-state index >= 15 is 0 Å². The first kappa shape index (κ1) is 31.2. The van der Waals surface area contributed by atoms with Crippen LogP contribution in [0.15, 0.2) is 66.7 Å². The summed E-state index contributed by atoms with van der Waals surface area (Å²) in [7, 11) is 0. The van der Waals surface area contributed by atoms with Crippen LogP contribution in [0.3, 0.4) is 0 Å². The molecule has 4 aromatic rings. The van der Waals surface area contributed by atoms with Crippen LogP contribution in [0, 0.1) is 6.92 Å². The van der Waals surface area contributed by atoms with Gasteiger partial charge in [-0.1, -0.05) is 76.4 Å². The number of aryl methyl sites for hydroxylation is 1. The summed E-state index contributed by atoms with van der Waals surface area (Å²) >= 11 is 0. The molecule has 1 unspecified atom stereocenters. The maximum Gasteiger partial charge on any atom is 0.340 e. The van der Waals surface area contributed by atoms with Gasteiger partial charge in [0.1, 0.15) is 5.75 Å². The van der Waals surface area contributed by atoms with E-state index in [1.807, 2.05) is 48.5 Å². The molecule has 2 heterocycles. The average molecular weight is 596 g/mol. The summed E-state index contributed by atoms with van der Waals surface area (Å²) in [5, 5.41) is 1.02. The van der Waals surface area contributed by atoms with E-state index < -0.39 is 11.5 Å². The quantitative estimate of drug-likeness (QED) is 0.144. The number of hydrogen-bond donors (Lipinski definition) is 1. The molecule has 3 aromatic carbocycles. The second-order valence-corrected chi connectivity index (χ2v) is 11.7. The standard InChI is InChI=1S/C37H45N3O4/c1-5-8-21-39(22-9-6-2)27-19-20-31(33(24-27)43-25-34(38)41)37(30-17-13-11-15-28(30)36(42)44-37)35-26(4)40(23-10-7-3)32-18-14-12-16-29(32)35/h11-20,24H,5-10,21-23,25H2,1-4H3,(H2,38,41). The number of ether oxygens (including phenoxy) is 2. The predicted octanol–water partition coefficient (Wildman–Crippen LogP) is 7.48. The Bertz CT molecular complexity index is 1630. The van der Waals surface area contributed by atoms with Crippen molar-refractivity contribution in [1.82, 2.24) is 4.57 Å². The minimum atomic E-state index is -1.29. The average Bonchev–Trinajstić information content (AvgIpc) is 3.49. The second-order valence-electron chi connectivity index (χ2n) is 11.7. The second kappa shape index (κ2) is 13.6. The summed E-state index contributed by atoms with van der Waals surface area (Å²) in [6.07, 6.45) is 6.38. The smallest absolute Gasteiger partial charge is 0.340 e. The molecule has 2 N–H and O–H groups in total. The van der Waals surface area contributed by atoms with Gasteiger partial charge in [-0.05, 0) is 50.5 Å². The monoisotopic (exact) mass is 595 g/mol. The van der Waals surface area contributed by atoms with E-state index in [-0.39, 0.29) is 12.6 Å². The molecule has 232 valence electrons. The highest BCUT2D eigenvalue weighted by Crippen LogP contribution is 2.53. The summed E-state index contributed by atoms with van der Waals surface area (Å²) in [6, 6.07) is 22.0. The number of esters is 1. The normalized spacial score (nSPS) is 15.8. The fraction of sp³-hybridized carbons (Fsp3) is 0.405. The number of anilines is 1. The number of primary amides is 1. The number of carbonyl (C=O) groups excluding carboxylic acids is 2. The molecule has 7 nitrogen and oxygen atoms in total. The van der Waals surface area contributed by atoms with E-state index in [0.29, 0.717) is 16.9 Å². The maximum absolute atomic E-state index is 13.7. The number of para-hydroxylation sites is 1. The van der Waals surface area contributed by atoms with Crippen molar-refractivity contribution in [2.75, 3.05) is 24.6 Å². The summed E-state index contributed by atoms with van der Waals surface area (Å²) < 4.78 is 15.2. The summed E-state index contributed by atoms with van der Waals surface area (Å²) in [4.78, 5) is 28.1. The Labute approximate surface area is 260 Å². The molecule has 1 amide bonds. The van der Waals surface area contributed by atoms with Gasteiger partial charge in [0, 0.05) is 64.7 Å². The van der Waals surface area contributed by atoms with Gasteiger partial charge in [-0.2, -0.15) is 0 Å². The zero-order chi connectivity index (χ0) is 31.3. The number of benzene rings is 3. The molecule has 0 saturated heterocycles. The summed E-state index contributed by atoms with van der Waals surface area (Å²) in [5.74, 6) is -0.475. The van der Waals surface area contributed by atoms with Crippen molar-refractivity contribution in [1.29, 1.82) is 0 Å². The van der Waals surface area contributed by atoms with Crippen LogP contribution >= 0.6 is 0 Å². The van der Waals surface area contributed by atoms with Gasteiger partial charge < -0.3 is 24.7 Å². The lowest BCUT2D eigenvalue weighted by Crippen LogP contribution is -2.32. The van der Waals surface area contributed by atoms with Crippen LogP contribution in [0.4, 0.5) is 5.69 Å². The molecule has 0 radical (unpaired) electrons. The van der Waals surface area contributed by atoms with Gasteiger partial charge in [0.2, 0.25) is 0 Å². The number of cyclic esters (lactones) is 1. The SMILES string of the molecule is CCCCN(CCCC)c1ccc(C2(c3c(C)n(CCCC)c4ccccc34)OC(=O)c3ccccc32)c(OCC(N)=O)c1. The van der Waals surface area contributed by atoms with Crippen molar-refractivity contribution < 1.29 is 19.1 Å². The molecule has 0 aliphatic carbocycles. The number of rotatable bonds is 15. The van der Waals surface area contributed by atoms with Crippen LogP contribution in [-0.4, -0.2) is 36.1 Å². The molecule has 1 aliphatic heterocycles. The van der Waals surface area contributed by atoms with Gasteiger partial charge in [0.15, 0.2) is 12.2 Å². The third kappa shape index (κ3) is 5.68. The van der Waals surface area contributed by atoms with Gasteiger partial charge in [-0.3, -0.25) is 4.79 Å². The third-order valence-corrected chi connectivity index (χ3v) is 8.73. The molecule has 0 saturated carbocycles. The van der Waals surface area contributed by atoms with Crippen molar-refractivity contribution >= 4 is 28.5 Å². The number of amides is 1. The van der Waals surface area contributed by atoms with Crippen LogP contribution in [-0.2, 0) is 21.7 Å². The topological polar surface area (TPSA) is 86.8 Å². The van der Waals surface area contributed by atoms with Crippen LogP contribution in [0.2, 0.25) is 0 Å². The molecule has 0 bridgehead atoms. The number of fused-ring (bicyclic) bond motifs is 2. The molecule has 44 heavy (non-hydrogen) atoms. The van der Waals surface area contributed by atoms with Crippen molar-refractivity contribution in [2.24, 2.45) is 5.73 Å². The van der Waals surface area contributed by atoms with Crippen LogP contribution in [0.1, 0.15) is 92.0 Å². The van der Waals surface area contributed by atoms with Crippen molar-refractivity contribution in [3.63, 3.8) is 0 Å². The minimum Gasteiger partial charge on any atom is -0.483 e. The molecule has 0 fully saturated rings. The highest BCUT2D eigenvalue weighted by atomic mass is 16.6. The Morgan fingerprint density at radius 1 is 0.909 bits per heavy atom. The maximum atomic E-state index is 13.7. The largest absolute Gasteiger partial charge is 0.483 e. The highest BCUT2D eigenvalue weighted by molar-refractivity contribution is 5.99. The Balaban J connectivity index is 1.81. The predicted molar refractivity (Wildman–Crippen MR) is 176 cm³/mol. The molecule has 1 aliphatic rings. The Morgan fingerprint density at radius 2 is 1.59 bits per heavy atom. The van der Waals surface area contributed by atoms with Gasteiger partial charge >= 0.3 is 5.97 Å². The van der Waals surface area contributed by atoms with Crippen LogP contribution < -0.4 is 15.4 Å². The lowest BCUT2D eigenvalue weighted by Gasteiger charge is -2.33. The molecular formula is C37H45N3O4. The van der Waals surface area contributed by atoms with E-state index in [1.54, 1.807) is 0 Å². The first-order valence-electron chi connectivity index (χ1n) is 16.1. The van der Waals surface area contributed by atoms with E-state index in [1.165, 1.54) is 0 Å². The summed E-state index contributed by atoms with van der Waals surface area (Å²) in [5.41, 5.74) is 10.3. The molecule has 5 rings (SSSR count). The zero-order valence-corrected chi connectivity index (χ0v) is 26.5. The molecule has 1 aromatic heterocycles. The fourth-order valence-corrected chi connectivity index (χ4v) is 6.55. The molecule has 0 spiro atoms. The minimum absolute atomic E-state index is 0.288. The Kier molecular flexibility index (Phi) is 9.62. The van der Waals surface area contributed by atoms with Gasteiger partial charge in [0.25, 0.3) is 5.91 Å².